The van der Waals surface area contributed by atoms with Crippen LogP contribution in [0.25, 0.3) is 11.3 Å². The second-order valence-electron chi connectivity index (χ2n) is 6.40. The van der Waals surface area contributed by atoms with Crippen LogP contribution in [-0.4, -0.2) is 30.1 Å². The highest BCUT2D eigenvalue weighted by Gasteiger charge is 2.11. The number of nitrogens with zero attached hydrogens (tertiary/aromatic N) is 1. The van der Waals surface area contributed by atoms with Gasteiger partial charge in [-0.3, -0.25) is 10.1 Å². The molecule has 0 aliphatic rings. The zero-order valence-corrected chi connectivity index (χ0v) is 17.1. The van der Waals surface area contributed by atoms with Crippen molar-refractivity contribution in [2.24, 2.45) is 0 Å². The van der Waals surface area contributed by atoms with Crippen LogP contribution in [0, 0.1) is 6.92 Å². The lowest BCUT2D eigenvalue weighted by atomic mass is 10.1. The smallest absolute Gasteiger partial charge is 0.344 e. The van der Waals surface area contributed by atoms with Crippen molar-refractivity contribution in [3.63, 3.8) is 0 Å². The largest absolute Gasteiger partial charge is 0.482 e. The number of anilines is 1. The lowest BCUT2D eigenvalue weighted by molar-refractivity contribution is -0.149. The molecule has 1 amide bonds. The van der Waals surface area contributed by atoms with Crippen LogP contribution in [0.15, 0.2) is 53.9 Å². The van der Waals surface area contributed by atoms with Gasteiger partial charge in [0, 0.05) is 10.9 Å². The number of aryl methyl sites for hydroxylation is 2. The van der Waals surface area contributed by atoms with Crippen LogP contribution in [0.5, 0.6) is 5.75 Å². The summed E-state index contributed by atoms with van der Waals surface area (Å²) >= 11 is 1.31. The number of carbonyl (C=O) groups is 2. The van der Waals surface area contributed by atoms with E-state index in [-0.39, 0.29) is 6.61 Å². The van der Waals surface area contributed by atoms with E-state index in [0.717, 1.165) is 17.7 Å². The minimum atomic E-state index is -0.612. The summed E-state index contributed by atoms with van der Waals surface area (Å²) in [4.78, 5) is 28.2. The van der Waals surface area contributed by atoms with Gasteiger partial charge < -0.3 is 9.47 Å². The summed E-state index contributed by atoms with van der Waals surface area (Å²) in [6.07, 6.45) is 0.934. The lowest BCUT2D eigenvalue weighted by Crippen LogP contribution is -2.23. The molecule has 0 aliphatic carbocycles. The number of aromatic nitrogens is 1. The number of hydrogen-bond donors (Lipinski definition) is 1. The molecule has 0 fully saturated rings. The number of carbonyl (C=O) groups excluding carboxylic acids is 2. The molecule has 0 radical (unpaired) electrons. The summed E-state index contributed by atoms with van der Waals surface area (Å²) < 4.78 is 10.3. The highest BCUT2D eigenvalue weighted by atomic mass is 32.1. The summed E-state index contributed by atoms with van der Waals surface area (Å²) in [6.45, 7) is 3.43. The maximum Gasteiger partial charge on any atom is 0.344 e. The fourth-order valence-electron chi connectivity index (χ4n) is 2.49. The number of ether oxygens (including phenoxy) is 2. The minimum absolute atomic E-state index is 0.256. The molecule has 6 nitrogen and oxygen atoms in total. The van der Waals surface area contributed by atoms with Crippen LogP contribution in [0.3, 0.4) is 0 Å². The van der Waals surface area contributed by atoms with Crippen LogP contribution in [0.1, 0.15) is 18.1 Å². The molecule has 0 atom stereocenters. The minimum Gasteiger partial charge on any atom is -0.482 e. The van der Waals surface area contributed by atoms with Crippen molar-refractivity contribution in [3.8, 4) is 17.0 Å². The molecule has 0 spiro atoms. The van der Waals surface area contributed by atoms with E-state index in [1.165, 1.54) is 22.5 Å². The normalized spacial score (nSPS) is 10.4. The van der Waals surface area contributed by atoms with Gasteiger partial charge in [-0.2, -0.15) is 0 Å². The fourth-order valence-corrected chi connectivity index (χ4v) is 3.23. The second-order valence-corrected chi connectivity index (χ2v) is 7.26. The number of esters is 1. The third-order valence-electron chi connectivity index (χ3n) is 4.15. The molecule has 0 saturated carbocycles. The van der Waals surface area contributed by atoms with Crippen molar-refractivity contribution in [3.05, 3.63) is 65.0 Å². The van der Waals surface area contributed by atoms with Gasteiger partial charge in [0.1, 0.15) is 5.75 Å². The zero-order valence-electron chi connectivity index (χ0n) is 16.3. The van der Waals surface area contributed by atoms with E-state index in [1.807, 2.05) is 48.7 Å². The first-order valence-electron chi connectivity index (χ1n) is 9.23. The van der Waals surface area contributed by atoms with Gasteiger partial charge in [-0.25, -0.2) is 9.78 Å². The SMILES string of the molecule is CCc1ccc(OCC(=O)OCC(=O)Nc2nc(-c3ccc(C)cc3)cs2)cc1. The molecule has 0 saturated heterocycles. The maximum absolute atomic E-state index is 12.0. The van der Waals surface area contributed by atoms with E-state index in [0.29, 0.717) is 10.9 Å². The summed E-state index contributed by atoms with van der Waals surface area (Å²) in [7, 11) is 0. The molecule has 29 heavy (non-hydrogen) atoms. The molecule has 1 aromatic heterocycles. The first kappa shape index (κ1) is 20.5. The Bertz CT molecular complexity index is 965. The Hall–Kier alpha value is -3.19. The number of amides is 1. The highest BCUT2D eigenvalue weighted by molar-refractivity contribution is 7.14. The van der Waals surface area contributed by atoms with E-state index in [2.05, 4.69) is 17.2 Å². The van der Waals surface area contributed by atoms with E-state index in [4.69, 9.17) is 9.47 Å². The molecule has 7 heteroatoms. The number of hydrogen-bond acceptors (Lipinski definition) is 6. The Morgan fingerprint density at radius 2 is 1.76 bits per heavy atom. The summed E-state index contributed by atoms with van der Waals surface area (Å²) in [5, 5.41) is 4.95. The molecule has 1 N–H and O–H groups in total. The molecule has 3 aromatic rings. The standard InChI is InChI=1S/C22H22N2O4S/c1-3-16-6-10-18(11-7-16)27-13-21(26)28-12-20(25)24-22-23-19(14-29-22)17-8-4-15(2)5-9-17/h4-11,14H,3,12-13H2,1-2H3,(H,23,24,25). The number of thiazole rings is 1. The topological polar surface area (TPSA) is 77.5 Å². The van der Waals surface area contributed by atoms with Crippen molar-refractivity contribution < 1.29 is 19.1 Å². The van der Waals surface area contributed by atoms with Crippen LogP contribution in [0.2, 0.25) is 0 Å². The van der Waals surface area contributed by atoms with Crippen molar-refractivity contribution in [1.29, 1.82) is 0 Å². The molecular weight excluding hydrogens is 388 g/mol. The van der Waals surface area contributed by atoms with Crippen LogP contribution >= 0.6 is 11.3 Å². The van der Waals surface area contributed by atoms with Crippen molar-refractivity contribution in [2.75, 3.05) is 18.5 Å². The third-order valence-corrected chi connectivity index (χ3v) is 4.91. The van der Waals surface area contributed by atoms with Gasteiger partial charge in [0.15, 0.2) is 18.3 Å². The highest BCUT2D eigenvalue weighted by Crippen LogP contribution is 2.25. The Labute approximate surface area is 173 Å². The molecule has 0 unspecified atom stereocenters. The second kappa shape index (κ2) is 9.84. The van der Waals surface area contributed by atoms with Gasteiger partial charge >= 0.3 is 5.97 Å². The predicted molar refractivity (Wildman–Crippen MR) is 113 cm³/mol. The first-order valence-corrected chi connectivity index (χ1v) is 10.1. The van der Waals surface area contributed by atoms with Gasteiger partial charge in [0.25, 0.3) is 5.91 Å². The van der Waals surface area contributed by atoms with Crippen LogP contribution < -0.4 is 10.1 Å². The van der Waals surface area contributed by atoms with Crippen molar-refractivity contribution in [2.45, 2.75) is 20.3 Å². The fraction of sp³-hybridized carbons (Fsp3) is 0.227. The molecule has 2 aromatic carbocycles. The molecule has 0 bridgehead atoms. The molecule has 3 rings (SSSR count). The predicted octanol–water partition coefficient (Wildman–Crippen LogP) is 4.24. The average Bonchev–Trinajstić information content (AvgIpc) is 3.20. The molecular formula is C22H22N2O4S. The monoisotopic (exact) mass is 410 g/mol. The Morgan fingerprint density at radius 3 is 2.45 bits per heavy atom. The van der Waals surface area contributed by atoms with Gasteiger partial charge in [-0.15, -0.1) is 11.3 Å². The van der Waals surface area contributed by atoms with E-state index in [1.54, 1.807) is 12.1 Å². The number of nitrogens with one attached hydrogen (secondary N) is 1. The van der Waals surface area contributed by atoms with Gasteiger partial charge in [-0.05, 0) is 31.0 Å². The number of rotatable bonds is 8. The van der Waals surface area contributed by atoms with Gasteiger partial charge in [0.05, 0.1) is 5.69 Å². The first-order chi connectivity index (χ1) is 14.0. The Balaban J connectivity index is 1.42. The quantitative estimate of drug-likeness (QED) is 0.562. The van der Waals surface area contributed by atoms with Crippen LogP contribution in [-0.2, 0) is 20.7 Å². The lowest BCUT2D eigenvalue weighted by Gasteiger charge is -2.07. The van der Waals surface area contributed by atoms with Crippen molar-refractivity contribution in [1.82, 2.24) is 4.98 Å². The molecule has 0 aliphatic heterocycles. The molecule has 1 heterocycles. The van der Waals surface area contributed by atoms with Crippen LogP contribution in [0.4, 0.5) is 5.13 Å². The summed E-state index contributed by atoms with van der Waals surface area (Å²) in [6, 6.07) is 15.4. The summed E-state index contributed by atoms with van der Waals surface area (Å²) in [5.74, 6) is -0.482. The Morgan fingerprint density at radius 1 is 1.03 bits per heavy atom. The Kier molecular flexibility index (Phi) is 6.97. The third kappa shape index (κ3) is 6.15. The molecule has 150 valence electrons. The van der Waals surface area contributed by atoms with Crippen molar-refractivity contribution >= 4 is 28.3 Å². The average molecular weight is 410 g/mol. The van der Waals surface area contributed by atoms with E-state index >= 15 is 0 Å². The number of benzene rings is 2. The zero-order chi connectivity index (χ0) is 20.6. The summed E-state index contributed by atoms with van der Waals surface area (Å²) in [5.41, 5.74) is 4.11. The maximum atomic E-state index is 12.0. The van der Waals surface area contributed by atoms with E-state index in [9.17, 15) is 9.59 Å². The van der Waals surface area contributed by atoms with E-state index < -0.39 is 18.5 Å². The van der Waals surface area contributed by atoms with Gasteiger partial charge in [-0.1, -0.05) is 48.9 Å². The van der Waals surface area contributed by atoms with Gasteiger partial charge in [0.2, 0.25) is 0 Å².